The summed E-state index contributed by atoms with van der Waals surface area (Å²) in [4.78, 5) is 25.7. The minimum Gasteiger partial charge on any atom is -0.493 e. The fourth-order valence-corrected chi connectivity index (χ4v) is 6.65. The second-order valence-corrected chi connectivity index (χ2v) is 12.7. The Bertz CT molecular complexity index is 1110. The van der Waals surface area contributed by atoms with Gasteiger partial charge in [0, 0.05) is 24.4 Å². The predicted molar refractivity (Wildman–Crippen MR) is 179 cm³/mol. The Morgan fingerprint density at radius 2 is 1.41 bits per heavy atom. The number of Topliss-reactive ketones (excluding diaryl/α,β-unsaturated/α-hetero) is 1. The van der Waals surface area contributed by atoms with Gasteiger partial charge in [-0.15, -0.1) is 0 Å². The van der Waals surface area contributed by atoms with Crippen molar-refractivity contribution in [2.75, 3.05) is 27.3 Å². The Morgan fingerprint density at radius 1 is 0.841 bits per heavy atom. The molecule has 2 aliphatic rings. The first-order valence-electron chi connectivity index (χ1n) is 17.2. The summed E-state index contributed by atoms with van der Waals surface area (Å²) in [5.74, 6) is 1.73. The first-order valence-corrected chi connectivity index (χ1v) is 17.2. The number of carboxylic acids is 1. The molecule has 0 saturated carbocycles. The third-order valence-corrected chi connectivity index (χ3v) is 9.28. The summed E-state index contributed by atoms with van der Waals surface area (Å²) in [6, 6.07) is 14.5. The Hall–Kier alpha value is -2.86. The smallest absolute Gasteiger partial charge is 0.303 e. The van der Waals surface area contributed by atoms with E-state index < -0.39 is 5.97 Å². The summed E-state index contributed by atoms with van der Waals surface area (Å²) in [6.07, 6.45) is 18.5. The maximum atomic E-state index is 12.9. The van der Waals surface area contributed by atoms with E-state index in [4.69, 9.17) is 14.6 Å². The summed E-state index contributed by atoms with van der Waals surface area (Å²) in [6.45, 7) is 5.52. The molecule has 1 heterocycles. The molecule has 6 nitrogen and oxygen atoms in total. The van der Waals surface area contributed by atoms with Crippen LogP contribution in [0.15, 0.2) is 42.5 Å². The summed E-state index contributed by atoms with van der Waals surface area (Å²) in [7, 11) is 3.26. The number of likely N-dealkylation sites (tertiary alicyclic amines) is 1. The Morgan fingerprint density at radius 3 is 1.98 bits per heavy atom. The second-order valence-electron chi connectivity index (χ2n) is 12.7. The average molecular weight is 608 g/mol. The van der Waals surface area contributed by atoms with Gasteiger partial charge in [-0.1, -0.05) is 101 Å². The van der Waals surface area contributed by atoms with E-state index in [1.165, 1.54) is 76.2 Å². The number of hydrogen-bond donors (Lipinski definition) is 1. The molecule has 1 N–H and O–H groups in total. The van der Waals surface area contributed by atoms with Gasteiger partial charge < -0.3 is 14.6 Å². The number of rotatable bonds is 18. The van der Waals surface area contributed by atoms with Crippen molar-refractivity contribution in [3.8, 4) is 11.5 Å². The highest BCUT2D eigenvalue weighted by Gasteiger charge is 2.34. The van der Waals surface area contributed by atoms with Gasteiger partial charge in [0.25, 0.3) is 0 Å². The molecule has 244 valence electrons. The monoisotopic (exact) mass is 607 g/mol. The molecular formula is C38H57NO5. The zero-order valence-electron chi connectivity index (χ0n) is 27.7. The molecule has 0 bridgehead atoms. The summed E-state index contributed by atoms with van der Waals surface area (Å²) in [5, 5.41) is 8.46. The number of aliphatic carboxylic acids is 1. The highest BCUT2D eigenvalue weighted by atomic mass is 16.5. The number of carbonyl (C=O) groups excluding carboxylic acids is 1. The predicted octanol–water partition coefficient (Wildman–Crippen LogP) is 9.13. The number of hydrogen-bond acceptors (Lipinski definition) is 5. The van der Waals surface area contributed by atoms with Crippen LogP contribution in [0.1, 0.15) is 125 Å². The number of fused-ring (bicyclic) bond motifs is 1. The minimum absolute atomic E-state index is 0.109. The highest BCUT2D eigenvalue weighted by Crippen LogP contribution is 2.39. The molecule has 2 aromatic rings. The Balaban J connectivity index is 0.000000284. The maximum Gasteiger partial charge on any atom is 0.303 e. The van der Waals surface area contributed by atoms with Crippen molar-refractivity contribution >= 4 is 11.8 Å². The molecule has 1 unspecified atom stereocenters. The normalized spacial score (nSPS) is 16.7. The van der Waals surface area contributed by atoms with E-state index >= 15 is 0 Å². The van der Waals surface area contributed by atoms with Crippen molar-refractivity contribution in [2.45, 2.75) is 116 Å². The molecule has 1 aliphatic carbocycles. The van der Waals surface area contributed by atoms with Crippen LogP contribution in [-0.2, 0) is 17.8 Å². The van der Waals surface area contributed by atoms with Crippen LogP contribution < -0.4 is 9.47 Å². The van der Waals surface area contributed by atoms with Gasteiger partial charge in [-0.25, -0.2) is 0 Å². The zero-order chi connectivity index (χ0) is 31.6. The molecule has 1 fully saturated rings. The van der Waals surface area contributed by atoms with Crippen molar-refractivity contribution in [2.24, 2.45) is 11.8 Å². The molecule has 0 spiro atoms. The van der Waals surface area contributed by atoms with Crippen LogP contribution in [0.2, 0.25) is 0 Å². The number of nitrogens with zero attached hydrogens (tertiary/aromatic N) is 1. The van der Waals surface area contributed by atoms with Gasteiger partial charge in [0.05, 0.1) is 14.2 Å². The van der Waals surface area contributed by atoms with E-state index in [9.17, 15) is 9.59 Å². The number of methoxy groups -OCH3 is 2. The Kier molecular flexibility index (Phi) is 16.4. The largest absolute Gasteiger partial charge is 0.493 e. The number of carboxylic acid groups (broad SMARTS) is 1. The van der Waals surface area contributed by atoms with Crippen molar-refractivity contribution in [1.29, 1.82) is 0 Å². The van der Waals surface area contributed by atoms with Crippen molar-refractivity contribution in [3.05, 3.63) is 59.2 Å². The lowest BCUT2D eigenvalue weighted by atomic mass is 9.85. The number of piperidine rings is 1. The number of carbonyl (C=O) groups is 2. The van der Waals surface area contributed by atoms with Crippen LogP contribution in [0.3, 0.4) is 0 Å². The number of unbranched alkanes of at least 4 members (excludes halogenated alkanes) is 10. The molecule has 44 heavy (non-hydrogen) atoms. The topological polar surface area (TPSA) is 76.1 Å². The van der Waals surface area contributed by atoms with Gasteiger partial charge in [0.15, 0.2) is 17.3 Å². The van der Waals surface area contributed by atoms with Crippen molar-refractivity contribution < 1.29 is 24.2 Å². The summed E-state index contributed by atoms with van der Waals surface area (Å²) >= 11 is 0. The maximum absolute atomic E-state index is 12.9. The summed E-state index contributed by atoms with van der Waals surface area (Å²) in [5.41, 5.74) is 3.31. The quantitative estimate of drug-likeness (QED) is 0.170. The van der Waals surface area contributed by atoms with Gasteiger partial charge in [0.1, 0.15) is 0 Å². The molecule has 4 rings (SSSR count). The average Bonchev–Trinajstić information content (AvgIpc) is 3.34. The van der Waals surface area contributed by atoms with Crippen LogP contribution in [0.4, 0.5) is 0 Å². The van der Waals surface area contributed by atoms with Gasteiger partial charge >= 0.3 is 5.97 Å². The number of benzene rings is 2. The molecule has 0 aromatic heterocycles. The standard InChI is InChI=1S/C24H29NO3.C14H28O2/c1-27-22-14-19-13-20(24(26)21(19)15-23(22)28-2)12-17-8-10-25(11-9-17)16-18-6-4-3-5-7-18;1-2-3-4-5-6-7-8-9-10-11-12-13-14(15)16/h3-7,14-15,17,20H,8-13,16H2,1-2H3;2-13H2,1H3,(H,15,16). The molecule has 1 aliphatic heterocycles. The van der Waals surface area contributed by atoms with Crippen molar-refractivity contribution in [1.82, 2.24) is 4.90 Å². The Labute approximate surface area is 266 Å². The molecule has 2 aromatic carbocycles. The van der Waals surface area contributed by atoms with E-state index in [0.717, 1.165) is 56.4 Å². The molecule has 1 atom stereocenters. The van der Waals surface area contributed by atoms with Crippen LogP contribution in [0.5, 0.6) is 11.5 Å². The third kappa shape index (κ3) is 12.3. The lowest BCUT2D eigenvalue weighted by Gasteiger charge is -2.32. The zero-order valence-corrected chi connectivity index (χ0v) is 27.7. The molecule has 0 amide bonds. The lowest BCUT2D eigenvalue weighted by molar-refractivity contribution is -0.137. The van der Waals surface area contributed by atoms with E-state index in [1.807, 2.05) is 12.1 Å². The summed E-state index contributed by atoms with van der Waals surface area (Å²) < 4.78 is 10.8. The third-order valence-electron chi connectivity index (χ3n) is 9.28. The fraction of sp³-hybridized carbons (Fsp3) is 0.632. The molecule has 6 heteroatoms. The minimum atomic E-state index is -0.657. The number of ether oxygens (including phenoxy) is 2. The first kappa shape index (κ1) is 35.6. The second kappa shape index (κ2) is 20.2. The van der Waals surface area contributed by atoms with Crippen LogP contribution in [0.25, 0.3) is 0 Å². The van der Waals surface area contributed by atoms with Gasteiger partial charge in [-0.2, -0.15) is 0 Å². The van der Waals surface area contributed by atoms with E-state index in [2.05, 4.69) is 42.2 Å². The van der Waals surface area contributed by atoms with E-state index in [1.54, 1.807) is 14.2 Å². The fourth-order valence-electron chi connectivity index (χ4n) is 6.65. The first-order chi connectivity index (χ1) is 21.4. The van der Waals surface area contributed by atoms with Gasteiger partial charge in [-0.05, 0) is 74.4 Å². The molecule has 0 radical (unpaired) electrons. The lowest BCUT2D eigenvalue weighted by Crippen LogP contribution is -2.34. The van der Waals surface area contributed by atoms with Crippen LogP contribution in [0, 0.1) is 11.8 Å². The molecular weight excluding hydrogens is 550 g/mol. The molecule has 1 saturated heterocycles. The van der Waals surface area contributed by atoms with Crippen LogP contribution in [-0.4, -0.2) is 49.1 Å². The number of ketones is 1. The SMILES string of the molecule is CCCCCCCCCCCCCC(=O)O.COc1cc2c(cc1OC)C(=O)C(CC1CCN(Cc3ccccc3)CC1)C2. The van der Waals surface area contributed by atoms with Crippen molar-refractivity contribution in [3.63, 3.8) is 0 Å². The van der Waals surface area contributed by atoms with Gasteiger partial charge in [0.2, 0.25) is 0 Å². The van der Waals surface area contributed by atoms with Crippen LogP contribution >= 0.6 is 0 Å². The van der Waals surface area contributed by atoms with E-state index in [0.29, 0.717) is 23.8 Å². The van der Waals surface area contributed by atoms with E-state index in [-0.39, 0.29) is 11.7 Å². The van der Waals surface area contributed by atoms with Gasteiger partial charge in [-0.3, -0.25) is 14.5 Å². The highest BCUT2D eigenvalue weighted by molar-refractivity contribution is 6.02.